The smallest absolute Gasteiger partial charge is 0.294 e. The van der Waals surface area contributed by atoms with Crippen molar-refractivity contribution in [1.29, 1.82) is 0 Å². The van der Waals surface area contributed by atoms with Crippen molar-refractivity contribution in [3.63, 3.8) is 0 Å². The lowest BCUT2D eigenvalue weighted by molar-refractivity contribution is -0.136. The lowest BCUT2D eigenvalue weighted by Crippen LogP contribution is -2.44. The minimum Gasteiger partial charge on any atom is -0.493 e. The van der Waals surface area contributed by atoms with Crippen LogP contribution in [-0.4, -0.2) is 47.1 Å². The van der Waals surface area contributed by atoms with E-state index in [9.17, 15) is 14.4 Å². The van der Waals surface area contributed by atoms with Crippen LogP contribution in [0.1, 0.15) is 22.3 Å². The first-order chi connectivity index (χ1) is 18.8. The maximum absolute atomic E-state index is 13.1. The Morgan fingerprint density at radius 3 is 2.54 bits per heavy atom. The first-order valence-corrected chi connectivity index (χ1v) is 13.7. The monoisotopic (exact) mass is 582 g/mol. The molecule has 0 N–H and O–H groups in total. The Balaban J connectivity index is 1.28. The largest absolute Gasteiger partial charge is 0.493 e. The number of fused-ring (bicyclic) bond motifs is 1. The Morgan fingerprint density at radius 1 is 1.03 bits per heavy atom. The molecule has 10 heteroatoms. The Labute approximate surface area is 240 Å². The van der Waals surface area contributed by atoms with Crippen molar-refractivity contribution in [3.05, 3.63) is 97.9 Å². The van der Waals surface area contributed by atoms with Gasteiger partial charge in [0.25, 0.3) is 11.1 Å². The van der Waals surface area contributed by atoms with Crippen molar-refractivity contribution in [2.45, 2.75) is 19.6 Å². The maximum Gasteiger partial charge on any atom is 0.294 e. The standard InChI is InChI=1S/C29H24Cl2N2O5S/c1-37-24-13-18(12-23(31)27(24)38-17-21-8-4-5-9-22(21)30)14-25-28(35)33(29(36)39-25)16-26(34)32-11-10-19-6-2-3-7-20(19)15-32/h2-9,12-14H,10-11,15-17H2,1H3/b25-14-. The fraction of sp³-hybridized carbons (Fsp3) is 0.207. The number of rotatable bonds is 7. The zero-order valence-electron chi connectivity index (χ0n) is 21.0. The molecular weight excluding hydrogens is 559 g/mol. The van der Waals surface area contributed by atoms with Gasteiger partial charge in [-0.15, -0.1) is 0 Å². The van der Waals surface area contributed by atoms with Crippen LogP contribution in [0.2, 0.25) is 10.0 Å². The van der Waals surface area contributed by atoms with Crippen molar-refractivity contribution in [2.24, 2.45) is 0 Å². The van der Waals surface area contributed by atoms with Gasteiger partial charge in [-0.3, -0.25) is 19.3 Å². The molecule has 0 unspecified atom stereocenters. The van der Waals surface area contributed by atoms with E-state index in [0.29, 0.717) is 35.2 Å². The minimum atomic E-state index is -0.523. The van der Waals surface area contributed by atoms with E-state index >= 15 is 0 Å². The highest BCUT2D eigenvalue weighted by molar-refractivity contribution is 8.18. The maximum atomic E-state index is 13.1. The lowest BCUT2D eigenvalue weighted by Gasteiger charge is -2.29. The van der Waals surface area contributed by atoms with Gasteiger partial charge in [-0.25, -0.2) is 0 Å². The molecule has 2 aliphatic heterocycles. The summed E-state index contributed by atoms with van der Waals surface area (Å²) in [5.74, 6) is -0.0960. The number of carbonyl (C=O) groups is 3. The van der Waals surface area contributed by atoms with Gasteiger partial charge < -0.3 is 14.4 Å². The predicted molar refractivity (Wildman–Crippen MR) is 152 cm³/mol. The van der Waals surface area contributed by atoms with Crippen molar-refractivity contribution in [1.82, 2.24) is 9.80 Å². The van der Waals surface area contributed by atoms with E-state index in [1.54, 1.807) is 29.2 Å². The quantitative estimate of drug-likeness (QED) is 0.309. The fourth-order valence-corrected chi connectivity index (χ4v) is 5.76. The Morgan fingerprint density at radius 2 is 1.77 bits per heavy atom. The van der Waals surface area contributed by atoms with Crippen LogP contribution in [-0.2, 0) is 29.2 Å². The summed E-state index contributed by atoms with van der Waals surface area (Å²) < 4.78 is 11.4. The zero-order valence-corrected chi connectivity index (χ0v) is 23.3. The molecule has 3 amide bonds. The first-order valence-electron chi connectivity index (χ1n) is 12.2. The molecule has 3 aromatic rings. The summed E-state index contributed by atoms with van der Waals surface area (Å²) >= 11 is 13.5. The molecule has 1 saturated heterocycles. The highest BCUT2D eigenvalue weighted by atomic mass is 35.5. The van der Waals surface area contributed by atoms with Crippen LogP contribution >= 0.6 is 35.0 Å². The molecule has 5 rings (SSSR count). The van der Waals surface area contributed by atoms with E-state index in [4.69, 9.17) is 32.7 Å². The van der Waals surface area contributed by atoms with E-state index in [1.807, 2.05) is 36.4 Å². The Bertz CT molecular complexity index is 1490. The molecule has 2 aliphatic rings. The lowest BCUT2D eigenvalue weighted by atomic mass is 10.00. The van der Waals surface area contributed by atoms with Gasteiger partial charge in [0.1, 0.15) is 13.2 Å². The van der Waals surface area contributed by atoms with E-state index in [0.717, 1.165) is 34.2 Å². The van der Waals surface area contributed by atoms with Crippen molar-refractivity contribution in [3.8, 4) is 11.5 Å². The van der Waals surface area contributed by atoms with E-state index in [1.165, 1.54) is 12.7 Å². The molecule has 3 aromatic carbocycles. The van der Waals surface area contributed by atoms with Crippen molar-refractivity contribution < 1.29 is 23.9 Å². The molecule has 2 heterocycles. The van der Waals surface area contributed by atoms with E-state index in [-0.39, 0.29) is 29.0 Å². The number of benzene rings is 3. The molecular formula is C29H24Cl2N2O5S. The SMILES string of the molecule is COc1cc(/C=C2\SC(=O)N(CC(=O)N3CCc4ccccc4C3)C2=O)cc(Cl)c1OCc1ccccc1Cl. The second-order valence-corrected chi connectivity index (χ2v) is 10.8. The molecule has 39 heavy (non-hydrogen) atoms. The summed E-state index contributed by atoms with van der Waals surface area (Å²) in [6.45, 7) is 0.892. The molecule has 7 nitrogen and oxygen atoms in total. The third-order valence-corrected chi connectivity index (χ3v) is 8.09. The second kappa shape index (κ2) is 11.7. The number of hydrogen-bond acceptors (Lipinski definition) is 6. The van der Waals surface area contributed by atoms with Crippen LogP contribution in [0.15, 0.2) is 65.6 Å². The molecule has 0 atom stereocenters. The molecule has 0 aliphatic carbocycles. The number of hydrogen-bond donors (Lipinski definition) is 0. The molecule has 0 saturated carbocycles. The number of thioether (sulfide) groups is 1. The first kappa shape index (κ1) is 27.1. The predicted octanol–water partition coefficient (Wildman–Crippen LogP) is 6.20. The highest BCUT2D eigenvalue weighted by Gasteiger charge is 2.37. The van der Waals surface area contributed by atoms with Gasteiger partial charge in [-0.05, 0) is 59.1 Å². The third-order valence-electron chi connectivity index (χ3n) is 6.53. The van der Waals surface area contributed by atoms with Crippen LogP contribution in [0.25, 0.3) is 6.08 Å². The van der Waals surface area contributed by atoms with Gasteiger partial charge >= 0.3 is 0 Å². The van der Waals surface area contributed by atoms with Crippen molar-refractivity contribution in [2.75, 3.05) is 20.2 Å². The summed E-state index contributed by atoms with van der Waals surface area (Å²) in [4.78, 5) is 41.6. The fourth-order valence-electron chi connectivity index (χ4n) is 4.46. The van der Waals surface area contributed by atoms with Gasteiger partial charge in [-0.2, -0.15) is 0 Å². The summed E-state index contributed by atoms with van der Waals surface area (Å²) in [5, 5.41) is 0.353. The zero-order chi connectivity index (χ0) is 27.5. The molecule has 0 spiro atoms. The van der Waals surface area contributed by atoms with Gasteiger partial charge in [-0.1, -0.05) is 65.7 Å². The summed E-state index contributed by atoms with van der Waals surface area (Å²) in [7, 11) is 1.48. The second-order valence-electron chi connectivity index (χ2n) is 9.02. The Hall–Kier alpha value is -3.46. The van der Waals surface area contributed by atoms with Crippen LogP contribution in [0.5, 0.6) is 11.5 Å². The minimum absolute atomic E-state index is 0.185. The number of amides is 3. The number of imide groups is 1. The third kappa shape index (κ3) is 5.93. The van der Waals surface area contributed by atoms with E-state index in [2.05, 4.69) is 6.07 Å². The average molecular weight is 583 g/mol. The molecule has 0 bridgehead atoms. The number of nitrogens with zero attached hydrogens (tertiary/aromatic N) is 2. The van der Waals surface area contributed by atoms with Crippen LogP contribution in [0.4, 0.5) is 4.79 Å². The number of methoxy groups -OCH3 is 1. The van der Waals surface area contributed by atoms with Gasteiger partial charge in [0, 0.05) is 23.7 Å². The number of carbonyl (C=O) groups excluding carboxylic acids is 3. The molecule has 1 fully saturated rings. The van der Waals surface area contributed by atoms with Gasteiger partial charge in [0.15, 0.2) is 11.5 Å². The molecule has 200 valence electrons. The van der Waals surface area contributed by atoms with Crippen LogP contribution < -0.4 is 9.47 Å². The van der Waals surface area contributed by atoms with E-state index < -0.39 is 11.1 Å². The topological polar surface area (TPSA) is 76.2 Å². The average Bonchev–Trinajstić information content (AvgIpc) is 3.19. The van der Waals surface area contributed by atoms with Crippen molar-refractivity contribution >= 4 is 58.1 Å². The summed E-state index contributed by atoms with van der Waals surface area (Å²) in [5.41, 5.74) is 3.63. The number of ether oxygens (including phenoxy) is 2. The van der Waals surface area contributed by atoms with Gasteiger partial charge in [0.2, 0.25) is 5.91 Å². The summed E-state index contributed by atoms with van der Waals surface area (Å²) in [6, 6.07) is 18.6. The van der Waals surface area contributed by atoms with Gasteiger partial charge in [0.05, 0.1) is 17.0 Å². The van der Waals surface area contributed by atoms with Crippen LogP contribution in [0.3, 0.4) is 0 Å². The molecule has 0 aromatic heterocycles. The summed E-state index contributed by atoms with van der Waals surface area (Å²) in [6.07, 6.45) is 2.29. The highest BCUT2D eigenvalue weighted by Crippen LogP contribution is 2.39. The Kier molecular flexibility index (Phi) is 8.16. The van der Waals surface area contributed by atoms with Crippen LogP contribution in [0, 0.1) is 0 Å². The number of halogens is 2. The normalized spacial score (nSPS) is 16.0. The molecule has 0 radical (unpaired) electrons.